The highest BCUT2D eigenvalue weighted by molar-refractivity contribution is 7.86. The number of carbonyl (C=O) groups is 1. The van der Waals surface area contributed by atoms with Gasteiger partial charge in [-0.2, -0.15) is 22.1 Å². The van der Waals surface area contributed by atoms with Crippen molar-refractivity contribution in [3.05, 3.63) is 47.7 Å². The standard InChI is InChI=1S/C21H26N6O3S/c1-15-19-17(21(28)26-10-12-27(13-11-26)31(29,30)24(2)3)14-18(16-8-6-5-7-9-16)22-20(19)25(4)23-15/h5-9,14H,10-13H2,1-4H3. The molecule has 3 aromatic rings. The Balaban J connectivity index is 1.70. The fraction of sp³-hybridized carbons (Fsp3) is 0.381. The molecule has 4 rings (SSSR count). The van der Waals surface area contributed by atoms with Gasteiger partial charge in [0.2, 0.25) is 0 Å². The van der Waals surface area contributed by atoms with Crippen LogP contribution in [0.4, 0.5) is 0 Å². The van der Waals surface area contributed by atoms with E-state index in [1.165, 1.54) is 22.7 Å². The fourth-order valence-corrected chi connectivity index (χ4v) is 4.98. The highest BCUT2D eigenvalue weighted by atomic mass is 32.2. The molecule has 1 amide bonds. The van der Waals surface area contributed by atoms with Gasteiger partial charge < -0.3 is 4.90 Å². The van der Waals surface area contributed by atoms with Crippen LogP contribution in [0, 0.1) is 6.92 Å². The van der Waals surface area contributed by atoms with Gasteiger partial charge >= 0.3 is 0 Å². The van der Waals surface area contributed by atoms with Crippen molar-refractivity contribution in [1.29, 1.82) is 0 Å². The first kappa shape index (κ1) is 21.4. The van der Waals surface area contributed by atoms with Gasteiger partial charge in [0, 0.05) is 52.9 Å². The van der Waals surface area contributed by atoms with Crippen LogP contribution < -0.4 is 0 Å². The number of rotatable bonds is 4. The Morgan fingerprint density at radius 3 is 2.32 bits per heavy atom. The number of aromatic nitrogens is 3. The van der Waals surface area contributed by atoms with E-state index in [9.17, 15) is 13.2 Å². The summed E-state index contributed by atoms with van der Waals surface area (Å²) < 4.78 is 29.1. The third-order valence-corrected chi connectivity index (χ3v) is 7.52. The van der Waals surface area contributed by atoms with Crippen LogP contribution in [0.3, 0.4) is 0 Å². The molecule has 9 nitrogen and oxygen atoms in total. The molecule has 0 radical (unpaired) electrons. The van der Waals surface area contributed by atoms with Crippen LogP contribution in [-0.4, -0.2) is 82.9 Å². The topological polar surface area (TPSA) is 91.6 Å². The zero-order valence-electron chi connectivity index (χ0n) is 18.1. The van der Waals surface area contributed by atoms with E-state index in [2.05, 4.69) is 5.10 Å². The predicted octanol–water partition coefficient (Wildman–Crippen LogP) is 1.51. The van der Waals surface area contributed by atoms with Crippen molar-refractivity contribution in [2.24, 2.45) is 7.05 Å². The molecule has 10 heteroatoms. The van der Waals surface area contributed by atoms with E-state index >= 15 is 0 Å². The molecule has 1 fully saturated rings. The van der Waals surface area contributed by atoms with Gasteiger partial charge in [-0.1, -0.05) is 30.3 Å². The summed E-state index contributed by atoms with van der Waals surface area (Å²) in [5, 5.41) is 5.20. The highest BCUT2D eigenvalue weighted by Crippen LogP contribution is 2.28. The number of piperazine rings is 1. The molecule has 31 heavy (non-hydrogen) atoms. The Hall–Kier alpha value is -2.82. The van der Waals surface area contributed by atoms with E-state index in [-0.39, 0.29) is 19.0 Å². The van der Waals surface area contributed by atoms with Gasteiger partial charge in [-0.3, -0.25) is 9.48 Å². The second kappa shape index (κ2) is 8.03. The molecule has 1 saturated heterocycles. The van der Waals surface area contributed by atoms with Crippen molar-refractivity contribution in [3.63, 3.8) is 0 Å². The molecule has 1 aromatic carbocycles. The van der Waals surface area contributed by atoms with Crippen LogP contribution in [0.25, 0.3) is 22.3 Å². The van der Waals surface area contributed by atoms with Gasteiger partial charge in [-0.15, -0.1) is 0 Å². The molecule has 0 aliphatic carbocycles. The molecule has 3 heterocycles. The zero-order valence-corrected chi connectivity index (χ0v) is 18.9. The van der Waals surface area contributed by atoms with Crippen LogP contribution >= 0.6 is 0 Å². The molecule has 0 unspecified atom stereocenters. The molecule has 0 spiro atoms. The first-order chi connectivity index (χ1) is 14.7. The first-order valence-corrected chi connectivity index (χ1v) is 11.5. The second-order valence-electron chi connectivity index (χ2n) is 7.81. The number of nitrogens with zero attached hydrogens (tertiary/aromatic N) is 6. The Bertz CT molecular complexity index is 1230. The predicted molar refractivity (Wildman–Crippen MR) is 119 cm³/mol. The van der Waals surface area contributed by atoms with Gasteiger partial charge in [0.1, 0.15) is 0 Å². The van der Waals surface area contributed by atoms with E-state index in [0.29, 0.717) is 30.0 Å². The van der Waals surface area contributed by atoms with E-state index in [0.717, 1.165) is 16.6 Å². The summed E-state index contributed by atoms with van der Waals surface area (Å²) in [5.41, 5.74) is 3.55. The van der Waals surface area contributed by atoms with Crippen LogP contribution in [0.5, 0.6) is 0 Å². The maximum Gasteiger partial charge on any atom is 0.281 e. The summed E-state index contributed by atoms with van der Waals surface area (Å²) in [6.07, 6.45) is 0. The van der Waals surface area contributed by atoms with Crippen LogP contribution in [0.15, 0.2) is 36.4 Å². The lowest BCUT2D eigenvalue weighted by Gasteiger charge is -2.35. The number of aryl methyl sites for hydroxylation is 2. The van der Waals surface area contributed by atoms with E-state index in [4.69, 9.17) is 4.98 Å². The third kappa shape index (κ3) is 3.82. The summed E-state index contributed by atoms with van der Waals surface area (Å²) >= 11 is 0. The van der Waals surface area contributed by atoms with Crippen LogP contribution in [0.1, 0.15) is 16.1 Å². The molecular formula is C21H26N6O3S. The lowest BCUT2D eigenvalue weighted by Crippen LogP contribution is -2.53. The van der Waals surface area contributed by atoms with Crippen molar-refractivity contribution in [2.45, 2.75) is 6.92 Å². The number of hydrogen-bond acceptors (Lipinski definition) is 5. The molecule has 0 bridgehead atoms. The summed E-state index contributed by atoms with van der Waals surface area (Å²) in [4.78, 5) is 20.0. The average Bonchev–Trinajstić information content (AvgIpc) is 3.06. The number of benzene rings is 1. The Morgan fingerprint density at radius 2 is 1.71 bits per heavy atom. The molecule has 0 saturated carbocycles. The molecule has 2 aromatic heterocycles. The number of amides is 1. The molecule has 0 atom stereocenters. The van der Waals surface area contributed by atoms with Gasteiger partial charge in [-0.25, -0.2) is 4.98 Å². The number of hydrogen-bond donors (Lipinski definition) is 0. The zero-order chi connectivity index (χ0) is 22.3. The number of carbonyl (C=O) groups excluding carboxylic acids is 1. The minimum Gasteiger partial charge on any atom is -0.336 e. The Morgan fingerprint density at radius 1 is 1.06 bits per heavy atom. The summed E-state index contributed by atoms with van der Waals surface area (Å²) in [6.45, 7) is 3.05. The summed E-state index contributed by atoms with van der Waals surface area (Å²) in [6, 6.07) is 11.5. The number of pyridine rings is 1. The van der Waals surface area contributed by atoms with Crippen molar-refractivity contribution in [2.75, 3.05) is 40.3 Å². The number of fused-ring (bicyclic) bond motifs is 1. The molecule has 164 valence electrons. The fourth-order valence-electron chi connectivity index (χ4n) is 3.89. The lowest BCUT2D eigenvalue weighted by atomic mass is 10.0. The van der Waals surface area contributed by atoms with Gasteiger partial charge in [0.05, 0.1) is 22.3 Å². The first-order valence-electron chi connectivity index (χ1n) is 10.1. The second-order valence-corrected chi connectivity index (χ2v) is 9.95. The van der Waals surface area contributed by atoms with Crippen molar-refractivity contribution < 1.29 is 13.2 Å². The Labute approximate surface area is 182 Å². The van der Waals surface area contributed by atoms with E-state index in [1.54, 1.807) is 9.58 Å². The van der Waals surface area contributed by atoms with Crippen molar-refractivity contribution in [1.82, 2.24) is 28.3 Å². The van der Waals surface area contributed by atoms with Crippen LogP contribution in [0.2, 0.25) is 0 Å². The third-order valence-electron chi connectivity index (χ3n) is 5.58. The van der Waals surface area contributed by atoms with E-state index < -0.39 is 10.2 Å². The lowest BCUT2D eigenvalue weighted by molar-refractivity contribution is 0.0697. The summed E-state index contributed by atoms with van der Waals surface area (Å²) in [5.74, 6) is -0.136. The molecule has 1 aliphatic rings. The quantitative estimate of drug-likeness (QED) is 0.611. The van der Waals surface area contributed by atoms with E-state index in [1.807, 2.05) is 50.4 Å². The minimum absolute atomic E-state index is 0.136. The van der Waals surface area contributed by atoms with Crippen molar-refractivity contribution in [3.8, 4) is 11.3 Å². The molecule has 1 aliphatic heterocycles. The maximum absolute atomic E-state index is 13.5. The average molecular weight is 443 g/mol. The Kier molecular flexibility index (Phi) is 5.54. The molecule has 0 N–H and O–H groups in total. The summed E-state index contributed by atoms with van der Waals surface area (Å²) in [7, 11) is 1.35. The highest BCUT2D eigenvalue weighted by Gasteiger charge is 2.31. The normalized spacial score (nSPS) is 15.7. The maximum atomic E-state index is 13.5. The van der Waals surface area contributed by atoms with Crippen molar-refractivity contribution >= 4 is 27.1 Å². The smallest absolute Gasteiger partial charge is 0.281 e. The SMILES string of the molecule is Cc1nn(C)c2nc(-c3ccccc3)cc(C(=O)N3CCN(S(=O)(=O)N(C)C)CC3)c12. The van der Waals surface area contributed by atoms with Gasteiger partial charge in [0.25, 0.3) is 16.1 Å². The minimum atomic E-state index is -3.49. The van der Waals surface area contributed by atoms with Gasteiger partial charge in [0.15, 0.2) is 5.65 Å². The largest absolute Gasteiger partial charge is 0.336 e. The molecular weight excluding hydrogens is 416 g/mol. The van der Waals surface area contributed by atoms with Gasteiger partial charge in [-0.05, 0) is 13.0 Å². The van der Waals surface area contributed by atoms with Crippen LogP contribution in [-0.2, 0) is 17.3 Å². The monoisotopic (exact) mass is 442 g/mol.